The zero-order valence-electron chi connectivity index (χ0n) is 10.7. The summed E-state index contributed by atoms with van der Waals surface area (Å²) in [6.07, 6.45) is -0.572. The highest BCUT2D eigenvalue weighted by molar-refractivity contribution is 14.1. The van der Waals surface area contributed by atoms with Crippen molar-refractivity contribution >= 4 is 22.6 Å². The smallest absolute Gasteiger partial charge is 0.105 e. The second kappa shape index (κ2) is 5.23. The summed E-state index contributed by atoms with van der Waals surface area (Å²) in [6.45, 7) is 3.41. The fraction of sp³-hybridized carbons (Fsp3) is 0.250. The van der Waals surface area contributed by atoms with E-state index in [0.29, 0.717) is 13.2 Å². The third-order valence-corrected chi connectivity index (χ3v) is 5.05. The third kappa shape index (κ3) is 2.42. The molecule has 0 aromatic heterocycles. The predicted molar refractivity (Wildman–Crippen MR) is 82.9 cm³/mol. The first-order valence-electron chi connectivity index (χ1n) is 6.29. The molecule has 2 nitrogen and oxygen atoms in total. The molecule has 1 aliphatic heterocycles. The molecule has 3 rings (SSSR count). The average Bonchev–Trinajstić information content (AvgIpc) is 2.88. The van der Waals surface area contributed by atoms with Gasteiger partial charge in [0.1, 0.15) is 6.10 Å². The Balaban J connectivity index is 2.00. The first-order valence-corrected chi connectivity index (χ1v) is 7.37. The van der Waals surface area contributed by atoms with Crippen molar-refractivity contribution in [1.29, 1.82) is 0 Å². The minimum absolute atomic E-state index is 0.572. The van der Waals surface area contributed by atoms with Crippen LogP contribution in [-0.4, -0.2) is 5.11 Å². The second-order valence-electron chi connectivity index (χ2n) is 4.90. The Hall–Kier alpha value is -0.910. The van der Waals surface area contributed by atoms with E-state index >= 15 is 0 Å². The third-order valence-electron chi connectivity index (χ3n) is 3.58. The molecular formula is C16H15IO2. The molecule has 0 aliphatic carbocycles. The van der Waals surface area contributed by atoms with Gasteiger partial charge in [0.05, 0.1) is 13.2 Å². The molecule has 98 valence electrons. The lowest BCUT2D eigenvalue weighted by atomic mass is 9.97. The number of ether oxygens (including phenoxy) is 1. The molecule has 0 radical (unpaired) electrons. The average molecular weight is 366 g/mol. The Morgan fingerprint density at radius 1 is 1.16 bits per heavy atom. The number of aliphatic hydroxyl groups is 1. The van der Waals surface area contributed by atoms with Crippen molar-refractivity contribution in [1.82, 2.24) is 0 Å². The minimum atomic E-state index is -0.572. The van der Waals surface area contributed by atoms with Crippen LogP contribution in [0.5, 0.6) is 0 Å². The van der Waals surface area contributed by atoms with Crippen LogP contribution >= 0.6 is 22.6 Å². The summed E-state index contributed by atoms with van der Waals surface area (Å²) >= 11 is 2.30. The van der Waals surface area contributed by atoms with E-state index in [2.05, 4.69) is 47.7 Å². The van der Waals surface area contributed by atoms with E-state index in [9.17, 15) is 5.11 Å². The van der Waals surface area contributed by atoms with Gasteiger partial charge in [0.2, 0.25) is 0 Å². The zero-order valence-corrected chi connectivity index (χ0v) is 12.8. The second-order valence-corrected chi connectivity index (χ2v) is 5.98. The highest BCUT2D eigenvalue weighted by Gasteiger charge is 2.18. The van der Waals surface area contributed by atoms with E-state index in [1.54, 1.807) is 0 Å². The highest BCUT2D eigenvalue weighted by atomic mass is 127. The van der Waals surface area contributed by atoms with Gasteiger partial charge in [0.25, 0.3) is 0 Å². The summed E-state index contributed by atoms with van der Waals surface area (Å²) in [7, 11) is 0. The van der Waals surface area contributed by atoms with Crippen LogP contribution in [0.2, 0.25) is 0 Å². The van der Waals surface area contributed by atoms with Crippen LogP contribution in [-0.2, 0) is 18.0 Å². The van der Waals surface area contributed by atoms with Crippen LogP contribution in [0.25, 0.3) is 0 Å². The van der Waals surface area contributed by atoms with Gasteiger partial charge >= 0.3 is 0 Å². The van der Waals surface area contributed by atoms with Gasteiger partial charge in [-0.2, -0.15) is 0 Å². The number of benzene rings is 2. The largest absolute Gasteiger partial charge is 0.384 e. The van der Waals surface area contributed by atoms with E-state index in [-0.39, 0.29) is 0 Å². The highest BCUT2D eigenvalue weighted by Crippen LogP contribution is 2.30. The number of halogens is 1. The Bertz CT molecular complexity index is 622. The van der Waals surface area contributed by atoms with Crippen molar-refractivity contribution in [3.8, 4) is 0 Å². The Kier molecular flexibility index (Phi) is 3.60. The van der Waals surface area contributed by atoms with Crippen LogP contribution in [0.1, 0.15) is 33.9 Å². The first-order chi connectivity index (χ1) is 9.16. The Morgan fingerprint density at radius 3 is 2.79 bits per heavy atom. The van der Waals surface area contributed by atoms with Crippen LogP contribution in [0.3, 0.4) is 0 Å². The van der Waals surface area contributed by atoms with Crippen LogP contribution in [0, 0.1) is 10.5 Å². The number of hydrogen-bond donors (Lipinski definition) is 1. The van der Waals surface area contributed by atoms with E-state index in [0.717, 1.165) is 14.7 Å². The monoisotopic (exact) mass is 366 g/mol. The number of rotatable bonds is 2. The summed E-state index contributed by atoms with van der Waals surface area (Å²) in [4.78, 5) is 0. The van der Waals surface area contributed by atoms with Crippen LogP contribution < -0.4 is 0 Å². The fourth-order valence-corrected chi connectivity index (χ4v) is 3.08. The molecule has 0 bridgehead atoms. The van der Waals surface area contributed by atoms with Crippen LogP contribution in [0.15, 0.2) is 36.4 Å². The molecule has 0 saturated heterocycles. The maximum atomic E-state index is 10.6. The molecule has 1 unspecified atom stereocenters. The van der Waals surface area contributed by atoms with E-state index in [1.807, 2.05) is 18.2 Å². The molecule has 2 aromatic rings. The molecule has 1 atom stereocenters. The van der Waals surface area contributed by atoms with E-state index in [4.69, 9.17) is 4.74 Å². The van der Waals surface area contributed by atoms with Crippen molar-refractivity contribution < 1.29 is 9.84 Å². The van der Waals surface area contributed by atoms with Gasteiger partial charge in [-0.15, -0.1) is 0 Å². The van der Waals surface area contributed by atoms with Gasteiger partial charge in [-0.25, -0.2) is 0 Å². The number of aliphatic hydroxyl groups excluding tert-OH is 1. The van der Waals surface area contributed by atoms with Gasteiger partial charge < -0.3 is 9.84 Å². The van der Waals surface area contributed by atoms with Crippen molar-refractivity contribution in [3.05, 3.63) is 67.8 Å². The van der Waals surface area contributed by atoms with Crippen molar-refractivity contribution in [2.24, 2.45) is 0 Å². The maximum Gasteiger partial charge on any atom is 0.105 e. The number of hydrogen-bond acceptors (Lipinski definition) is 2. The fourth-order valence-electron chi connectivity index (χ4n) is 2.42. The molecule has 0 spiro atoms. The lowest BCUT2D eigenvalue weighted by Crippen LogP contribution is -2.04. The van der Waals surface area contributed by atoms with Gasteiger partial charge in [-0.1, -0.05) is 36.4 Å². The lowest BCUT2D eigenvalue weighted by Gasteiger charge is -2.15. The van der Waals surface area contributed by atoms with Crippen molar-refractivity contribution in [2.75, 3.05) is 0 Å². The topological polar surface area (TPSA) is 29.5 Å². The van der Waals surface area contributed by atoms with Gasteiger partial charge in [-0.3, -0.25) is 0 Å². The van der Waals surface area contributed by atoms with Crippen LogP contribution in [0.4, 0.5) is 0 Å². The molecule has 1 heterocycles. The molecule has 0 saturated carbocycles. The summed E-state index contributed by atoms with van der Waals surface area (Å²) in [5.74, 6) is 0. The standard InChI is InChI=1S/C16H15IO2/c1-10-3-2-4-14(15(10)17)16(18)11-5-6-12-8-19-9-13(12)7-11/h2-7,16,18H,8-9H2,1H3. The minimum Gasteiger partial charge on any atom is -0.384 e. The van der Waals surface area contributed by atoms with Gasteiger partial charge in [0, 0.05) is 3.57 Å². The molecule has 1 aliphatic rings. The molecule has 1 N–H and O–H groups in total. The predicted octanol–water partition coefficient (Wildman–Crippen LogP) is 3.71. The summed E-state index contributed by atoms with van der Waals surface area (Å²) in [5, 5.41) is 10.6. The molecular weight excluding hydrogens is 351 g/mol. The summed E-state index contributed by atoms with van der Waals surface area (Å²) < 4.78 is 6.54. The quantitative estimate of drug-likeness (QED) is 0.822. The maximum absolute atomic E-state index is 10.6. The zero-order chi connectivity index (χ0) is 13.4. The molecule has 0 amide bonds. The summed E-state index contributed by atoms with van der Waals surface area (Å²) in [5.41, 5.74) is 5.53. The molecule has 2 aromatic carbocycles. The van der Waals surface area contributed by atoms with Gasteiger partial charge in [0.15, 0.2) is 0 Å². The summed E-state index contributed by atoms with van der Waals surface area (Å²) in [6, 6.07) is 12.2. The molecule has 3 heteroatoms. The molecule has 19 heavy (non-hydrogen) atoms. The normalized spacial score (nSPS) is 15.3. The van der Waals surface area contributed by atoms with Gasteiger partial charge in [-0.05, 0) is 57.3 Å². The SMILES string of the molecule is Cc1cccc(C(O)c2ccc3c(c2)COC3)c1I. The molecule has 0 fully saturated rings. The first kappa shape index (κ1) is 13.1. The number of aryl methyl sites for hydroxylation is 1. The lowest BCUT2D eigenvalue weighted by molar-refractivity contribution is 0.134. The Morgan fingerprint density at radius 2 is 1.95 bits per heavy atom. The van der Waals surface area contributed by atoms with E-state index in [1.165, 1.54) is 16.7 Å². The van der Waals surface area contributed by atoms with Crippen molar-refractivity contribution in [3.63, 3.8) is 0 Å². The van der Waals surface area contributed by atoms with E-state index < -0.39 is 6.10 Å². The van der Waals surface area contributed by atoms with Crippen molar-refractivity contribution in [2.45, 2.75) is 26.2 Å². The number of fused-ring (bicyclic) bond motifs is 1. The Labute approximate surface area is 126 Å².